The van der Waals surface area contributed by atoms with Crippen LogP contribution in [-0.2, 0) is 0 Å². The second kappa shape index (κ2) is 6.39. The fourth-order valence-corrected chi connectivity index (χ4v) is 4.14. The molecule has 130 valence electrons. The van der Waals surface area contributed by atoms with E-state index in [2.05, 4.69) is 40.0 Å². The van der Waals surface area contributed by atoms with Gasteiger partial charge in [-0.15, -0.1) is 0 Å². The highest BCUT2D eigenvalue weighted by molar-refractivity contribution is 5.96. The number of carboxylic acid groups (broad SMARTS) is 1. The van der Waals surface area contributed by atoms with Crippen molar-refractivity contribution in [2.24, 2.45) is 11.8 Å². The van der Waals surface area contributed by atoms with E-state index in [0.29, 0.717) is 12.5 Å². The molecule has 5 nitrogen and oxygen atoms in total. The molecule has 2 fully saturated rings. The lowest BCUT2D eigenvalue weighted by atomic mass is 9.89. The third kappa shape index (κ3) is 3.18. The largest absolute Gasteiger partial charge is 0.465 e. The molecule has 4 rings (SSSR count). The molecule has 1 amide bonds. The number of pyridine rings is 1. The first-order valence-electron chi connectivity index (χ1n) is 8.90. The molecule has 1 aliphatic carbocycles. The van der Waals surface area contributed by atoms with Crippen LogP contribution in [0.1, 0.15) is 24.8 Å². The Morgan fingerprint density at radius 1 is 1.28 bits per heavy atom. The van der Waals surface area contributed by atoms with Crippen molar-refractivity contribution >= 4 is 28.8 Å². The first-order chi connectivity index (χ1) is 12.2. The summed E-state index contributed by atoms with van der Waals surface area (Å²) in [5.74, 6) is 1.30. The van der Waals surface area contributed by atoms with E-state index in [4.69, 9.17) is 5.11 Å². The van der Waals surface area contributed by atoms with Crippen molar-refractivity contribution in [1.82, 2.24) is 10.3 Å². The van der Waals surface area contributed by atoms with Crippen LogP contribution in [0.5, 0.6) is 0 Å². The maximum Gasteiger partial charge on any atom is 0.404 e. The number of hydrogen-bond donors (Lipinski definition) is 2. The molecule has 2 aliphatic rings. The van der Waals surface area contributed by atoms with Crippen molar-refractivity contribution < 1.29 is 9.90 Å². The molecule has 2 aromatic rings. The monoisotopic (exact) mass is 337 g/mol. The van der Waals surface area contributed by atoms with Crippen LogP contribution in [0.25, 0.3) is 17.0 Å². The van der Waals surface area contributed by atoms with Crippen molar-refractivity contribution in [2.75, 3.05) is 18.0 Å². The Morgan fingerprint density at radius 3 is 2.84 bits per heavy atom. The Morgan fingerprint density at radius 2 is 2.12 bits per heavy atom. The van der Waals surface area contributed by atoms with Gasteiger partial charge in [0.05, 0.1) is 11.6 Å². The normalized spacial score (nSPS) is 23.4. The molecular formula is C20H23N3O2. The van der Waals surface area contributed by atoms with Crippen molar-refractivity contribution in [2.45, 2.75) is 25.3 Å². The summed E-state index contributed by atoms with van der Waals surface area (Å²) < 4.78 is 0. The lowest BCUT2D eigenvalue weighted by Gasteiger charge is -2.39. The van der Waals surface area contributed by atoms with E-state index >= 15 is 0 Å². The fraction of sp³-hybridized carbons (Fsp3) is 0.400. The van der Waals surface area contributed by atoms with Crippen LogP contribution < -0.4 is 10.2 Å². The maximum atomic E-state index is 11.1. The number of nitrogens with one attached hydrogen (secondary N) is 1. The molecule has 0 spiro atoms. The molecule has 0 radical (unpaired) electrons. The van der Waals surface area contributed by atoms with Gasteiger partial charge >= 0.3 is 6.09 Å². The average Bonchev–Trinajstić information content (AvgIpc) is 3.45. The van der Waals surface area contributed by atoms with Crippen molar-refractivity contribution in [3.8, 4) is 0 Å². The Labute approximate surface area is 147 Å². The van der Waals surface area contributed by atoms with Crippen LogP contribution in [0.3, 0.4) is 0 Å². The topological polar surface area (TPSA) is 65.5 Å². The maximum absolute atomic E-state index is 11.1. The summed E-state index contributed by atoms with van der Waals surface area (Å²) in [5, 5.41) is 13.0. The van der Waals surface area contributed by atoms with Crippen LogP contribution >= 0.6 is 0 Å². The molecule has 1 saturated heterocycles. The average molecular weight is 337 g/mol. The highest BCUT2D eigenvalue weighted by Crippen LogP contribution is 2.42. The Bertz CT molecular complexity index is 816. The number of aromatic nitrogens is 1. The van der Waals surface area contributed by atoms with Crippen LogP contribution in [0.4, 0.5) is 10.5 Å². The molecule has 25 heavy (non-hydrogen) atoms. The van der Waals surface area contributed by atoms with Gasteiger partial charge in [0.1, 0.15) is 0 Å². The number of fused-ring (bicyclic) bond motifs is 1. The summed E-state index contributed by atoms with van der Waals surface area (Å²) in [7, 11) is 0. The van der Waals surface area contributed by atoms with Gasteiger partial charge in [-0.1, -0.05) is 18.7 Å². The quantitative estimate of drug-likeness (QED) is 0.892. The van der Waals surface area contributed by atoms with Crippen molar-refractivity contribution in [3.05, 3.63) is 42.6 Å². The van der Waals surface area contributed by atoms with Gasteiger partial charge in [-0.3, -0.25) is 4.98 Å². The van der Waals surface area contributed by atoms with Gasteiger partial charge in [0.2, 0.25) is 0 Å². The van der Waals surface area contributed by atoms with E-state index in [1.54, 1.807) is 6.20 Å². The zero-order valence-electron chi connectivity index (χ0n) is 14.2. The van der Waals surface area contributed by atoms with E-state index in [0.717, 1.165) is 41.0 Å². The summed E-state index contributed by atoms with van der Waals surface area (Å²) in [4.78, 5) is 18.0. The van der Waals surface area contributed by atoms with E-state index < -0.39 is 6.09 Å². The summed E-state index contributed by atoms with van der Waals surface area (Å²) in [6.45, 7) is 5.57. The highest BCUT2D eigenvalue weighted by atomic mass is 16.4. The summed E-state index contributed by atoms with van der Waals surface area (Å²) in [5.41, 5.74) is 3.11. The van der Waals surface area contributed by atoms with Gasteiger partial charge in [0.15, 0.2) is 0 Å². The van der Waals surface area contributed by atoms with Gasteiger partial charge in [-0.25, -0.2) is 4.79 Å². The first-order valence-corrected chi connectivity index (χ1v) is 8.90. The number of rotatable bonds is 4. The summed E-state index contributed by atoms with van der Waals surface area (Å²) in [6.07, 6.45) is 6.18. The number of piperidine rings is 1. The van der Waals surface area contributed by atoms with E-state index in [1.165, 1.54) is 12.8 Å². The molecule has 2 N–H and O–H groups in total. The van der Waals surface area contributed by atoms with Crippen LogP contribution in [0.15, 0.2) is 37.0 Å². The third-order valence-electron chi connectivity index (χ3n) is 5.44. The predicted molar refractivity (Wildman–Crippen MR) is 99.8 cm³/mol. The first kappa shape index (κ1) is 15.9. The lowest BCUT2D eigenvalue weighted by Crippen LogP contribution is -2.51. The molecule has 2 unspecified atom stereocenters. The SMILES string of the molecule is C=Cc1ccc(N2CC(NC(=O)O)CC(C3CC3)C2)c2cccnc12. The number of nitrogens with zero attached hydrogens (tertiary/aromatic N) is 2. The summed E-state index contributed by atoms with van der Waals surface area (Å²) in [6, 6.07) is 8.19. The van der Waals surface area contributed by atoms with Crippen LogP contribution in [0, 0.1) is 11.8 Å². The molecule has 1 saturated carbocycles. The Balaban J connectivity index is 1.70. The summed E-state index contributed by atoms with van der Waals surface area (Å²) >= 11 is 0. The zero-order valence-corrected chi connectivity index (χ0v) is 14.2. The second-order valence-electron chi connectivity index (χ2n) is 7.16. The zero-order chi connectivity index (χ0) is 17.4. The fourth-order valence-electron chi connectivity index (χ4n) is 4.14. The number of hydrogen-bond acceptors (Lipinski definition) is 3. The Hall–Kier alpha value is -2.56. The van der Waals surface area contributed by atoms with Crippen LogP contribution in [-0.4, -0.2) is 35.3 Å². The molecule has 5 heteroatoms. The predicted octanol–water partition coefficient (Wildman–Crippen LogP) is 3.75. The van der Waals surface area contributed by atoms with E-state index in [1.807, 2.05) is 12.1 Å². The minimum atomic E-state index is -0.935. The molecule has 2 heterocycles. The van der Waals surface area contributed by atoms with Gasteiger partial charge < -0.3 is 15.3 Å². The minimum absolute atomic E-state index is 0.0253. The van der Waals surface area contributed by atoms with E-state index in [-0.39, 0.29) is 6.04 Å². The number of anilines is 1. The van der Waals surface area contributed by atoms with Gasteiger partial charge in [-0.05, 0) is 49.3 Å². The molecular weight excluding hydrogens is 314 g/mol. The standard InChI is InChI=1S/C20H23N3O2/c1-2-13-7-8-18(17-4-3-9-21-19(13)17)23-11-15(14-5-6-14)10-16(12-23)22-20(24)25/h2-4,7-9,14-16,22H,1,5-6,10-12H2,(H,24,25). The second-order valence-corrected chi connectivity index (χ2v) is 7.16. The van der Waals surface area contributed by atoms with Gasteiger partial charge in [0.25, 0.3) is 0 Å². The minimum Gasteiger partial charge on any atom is -0.465 e. The van der Waals surface area contributed by atoms with Crippen molar-refractivity contribution in [3.63, 3.8) is 0 Å². The highest BCUT2D eigenvalue weighted by Gasteiger charge is 2.38. The van der Waals surface area contributed by atoms with Gasteiger partial charge in [-0.2, -0.15) is 0 Å². The number of benzene rings is 1. The Kier molecular flexibility index (Phi) is 4.07. The number of carbonyl (C=O) groups is 1. The molecule has 1 aromatic heterocycles. The van der Waals surface area contributed by atoms with E-state index in [9.17, 15) is 4.79 Å². The van der Waals surface area contributed by atoms with Crippen LogP contribution in [0.2, 0.25) is 0 Å². The molecule has 1 aliphatic heterocycles. The third-order valence-corrected chi connectivity index (χ3v) is 5.44. The molecule has 0 bridgehead atoms. The van der Waals surface area contributed by atoms with Gasteiger partial charge in [0, 0.05) is 35.9 Å². The lowest BCUT2D eigenvalue weighted by molar-refractivity contribution is 0.184. The molecule has 1 aromatic carbocycles. The smallest absolute Gasteiger partial charge is 0.404 e. The number of amides is 1. The van der Waals surface area contributed by atoms with Crippen molar-refractivity contribution in [1.29, 1.82) is 0 Å². The molecule has 2 atom stereocenters.